The number of tetrazole rings is 1. The lowest BCUT2D eigenvalue weighted by Gasteiger charge is -2.07. The van der Waals surface area contributed by atoms with E-state index in [1.54, 1.807) is 19.0 Å². The van der Waals surface area contributed by atoms with E-state index >= 15 is 0 Å². The van der Waals surface area contributed by atoms with E-state index in [1.165, 1.54) is 0 Å². The molecule has 0 spiro atoms. The number of benzene rings is 1. The van der Waals surface area contributed by atoms with Crippen molar-refractivity contribution in [2.45, 2.75) is 12.5 Å². The summed E-state index contributed by atoms with van der Waals surface area (Å²) in [7, 11) is 3.20. The summed E-state index contributed by atoms with van der Waals surface area (Å²) < 4.78 is 15.8. The second kappa shape index (κ2) is 5.46. The van der Waals surface area contributed by atoms with Crippen molar-refractivity contribution in [2.24, 2.45) is 0 Å². The van der Waals surface area contributed by atoms with E-state index in [9.17, 15) is 0 Å². The fourth-order valence-corrected chi connectivity index (χ4v) is 2.17. The van der Waals surface area contributed by atoms with E-state index in [0.29, 0.717) is 23.9 Å². The van der Waals surface area contributed by atoms with E-state index in [0.717, 1.165) is 18.6 Å². The normalized spacial score (nSPS) is 18.2. The molecule has 20 heavy (non-hydrogen) atoms. The molecule has 1 fully saturated rings. The van der Waals surface area contributed by atoms with Gasteiger partial charge in [0.2, 0.25) is 5.82 Å². The molecule has 0 bridgehead atoms. The first-order valence-electron chi connectivity index (χ1n) is 6.41. The first-order chi connectivity index (χ1) is 9.81. The zero-order chi connectivity index (χ0) is 13.9. The lowest BCUT2D eigenvalue weighted by atomic mass is 10.2. The third kappa shape index (κ3) is 2.32. The molecule has 1 aromatic carbocycles. The maximum Gasteiger partial charge on any atom is 0.205 e. The second-order valence-corrected chi connectivity index (χ2v) is 4.52. The van der Waals surface area contributed by atoms with Crippen molar-refractivity contribution >= 4 is 0 Å². The highest BCUT2D eigenvalue weighted by Gasteiger charge is 2.21. The molecule has 1 atom stereocenters. The number of rotatable bonds is 4. The van der Waals surface area contributed by atoms with Gasteiger partial charge in [0.15, 0.2) is 11.5 Å². The number of hydrogen-bond donors (Lipinski definition) is 0. The Bertz CT molecular complexity index is 593. The fraction of sp³-hybridized carbons (Fsp3) is 0.462. The maximum absolute atomic E-state index is 5.33. The monoisotopic (exact) mass is 276 g/mol. The van der Waals surface area contributed by atoms with Crippen LogP contribution in [-0.2, 0) is 4.74 Å². The Morgan fingerprint density at radius 1 is 1.25 bits per heavy atom. The summed E-state index contributed by atoms with van der Waals surface area (Å²) in [5, 5.41) is 12.6. The predicted octanol–water partition coefficient (Wildman–Crippen LogP) is 1.32. The maximum atomic E-state index is 5.33. The van der Waals surface area contributed by atoms with Crippen molar-refractivity contribution in [1.82, 2.24) is 20.2 Å². The summed E-state index contributed by atoms with van der Waals surface area (Å²) in [6.45, 7) is 1.39. The van der Waals surface area contributed by atoms with Crippen LogP contribution in [0.3, 0.4) is 0 Å². The Balaban J connectivity index is 1.88. The van der Waals surface area contributed by atoms with Crippen LogP contribution < -0.4 is 9.47 Å². The van der Waals surface area contributed by atoms with Crippen molar-refractivity contribution in [1.29, 1.82) is 0 Å². The second-order valence-electron chi connectivity index (χ2n) is 4.52. The first kappa shape index (κ1) is 12.9. The number of aromatic nitrogens is 4. The molecule has 2 aromatic rings. The number of ether oxygens (including phenoxy) is 3. The molecular formula is C13H16N4O3. The molecule has 0 saturated carbocycles. The molecule has 0 N–H and O–H groups in total. The van der Waals surface area contributed by atoms with Crippen LogP contribution in [0.4, 0.5) is 0 Å². The highest BCUT2D eigenvalue weighted by Crippen LogP contribution is 2.31. The molecule has 7 nitrogen and oxygen atoms in total. The minimum Gasteiger partial charge on any atom is -0.493 e. The molecule has 2 heterocycles. The van der Waals surface area contributed by atoms with Gasteiger partial charge >= 0.3 is 0 Å². The van der Waals surface area contributed by atoms with Gasteiger partial charge in [-0.1, -0.05) is 0 Å². The van der Waals surface area contributed by atoms with Gasteiger partial charge in [-0.2, -0.15) is 4.80 Å². The van der Waals surface area contributed by atoms with Gasteiger partial charge in [0.1, 0.15) is 0 Å². The highest BCUT2D eigenvalue weighted by molar-refractivity contribution is 5.60. The Morgan fingerprint density at radius 2 is 2.10 bits per heavy atom. The number of methoxy groups -OCH3 is 2. The van der Waals surface area contributed by atoms with Crippen molar-refractivity contribution < 1.29 is 14.2 Å². The molecular weight excluding hydrogens is 260 g/mol. The average molecular weight is 276 g/mol. The summed E-state index contributed by atoms with van der Waals surface area (Å²) >= 11 is 0. The minimum atomic E-state index is 0.177. The number of hydrogen-bond acceptors (Lipinski definition) is 6. The van der Waals surface area contributed by atoms with Crippen LogP contribution in [0.2, 0.25) is 0 Å². The van der Waals surface area contributed by atoms with Crippen molar-refractivity contribution in [3.63, 3.8) is 0 Å². The van der Waals surface area contributed by atoms with E-state index in [2.05, 4.69) is 15.4 Å². The lowest BCUT2D eigenvalue weighted by Crippen LogP contribution is -2.12. The summed E-state index contributed by atoms with van der Waals surface area (Å²) in [5.41, 5.74) is 0.841. The SMILES string of the molecule is COc1ccc(-c2nnn(C3CCOC3)n2)cc1OC. The summed E-state index contributed by atoms with van der Waals surface area (Å²) in [4.78, 5) is 1.62. The molecule has 1 aromatic heterocycles. The molecule has 0 aliphatic carbocycles. The van der Waals surface area contributed by atoms with Crippen LogP contribution in [-0.4, -0.2) is 47.6 Å². The standard InChI is InChI=1S/C13H16N4O3/c1-18-11-4-3-9(7-12(11)19-2)13-14-16-17(15-13)10-5-6-20-8-10/h3-4,7,10H,5-6,8H2,1-2H3. The van der Waals surface area contributed by atoms with Crippen LogP contribution in [0, 0.1) is 0 Å². The Kier molecular flexibility index (Phi) is 3.51. The molecule has 1 aliphatic rings. The van der Waals surface area contributed by atoms with Gasteiger partial charge in [0.25, 0.3) is 0 Å². The van der Waals surface area contributed by atoms with Gasteiger partial charge < -0.3 is 14.2 Å². The van der Waals surface area contributed by atoms with Crippen LogP contribution in [0.5, 0.6) is 11.5 Å². The van der Waals surface area contributed by atoms with Crippen LogP contribution >= 0.6 is 0 Å². The molecule has 0 amide bonds. The number of nitrogens with zero attached hydrogens (tertiary/aromatic N) is 4. The highest BCUT2D eigenvalue weighted by atomic mass is 16.5. The van der Waals surface area contributed by atoms with Gasteiger partial charge in [-0.3, -0.25) is 0 Å². The Morgan fingerprint density at radius 3 is 2.80 bits per heavy atom. The van der Waals surface area contributed by atoms with Crippen molar-refractivity contribution in [3.8, 4) is 22.9 Å². The zero-order valence-corrected chi connectivity index (χ0v) is 11.4. The van der Waals surface area contributed by atoms with E-state index < -0.39 is 0 Å². The lowest BCUT2D eigenvalue weighted by molar-refractivity contribution is 0.181. The van der Waals surface area contributed by atoms with Gasteiger partial charge in [0.05, 0.1) is 26.9 Å². The molecule has 0 radical (unpaired) electrons. The molecule has 7 heteroatoms. The fourth-order valence-electron chi connectivity index (χ4n) is 2.17. The minimum absolute atomic E-state index is 0.177. The Labute approximate surface area is 116 Å². The summed E-state index contributed by atoms with van der Waals surface area (Å²) in [6.07, 6.45) is 0.918. The summed E-state index contributed by atoms with van der Waals surface area (Å²) in [6, 6.07) is 5.73. The third-order valence-corrected chi connectivity index (χ3v) is 3.30. The van der Waals surface area contributed by atoms with Gasteiger partial charge in [-0.15, -0.1) is 10.2 Å². The van der Waals surface area contributed by atoms with Crippen LogP contribution in [0.15, 0.2) is 18.2 Å². The third-order valence-electron chi connectivity index (χ3n) is 3.30. The van der Waals surface area contributed by atoms with Gasteiger partial charge in [-0.05, 0) is 29.8 Å². The van der Waals surface area contributed by atoms with Gasteiger partial charge in [-0.25, -0.2) is 0 Å². The quantitative estimate of drug-likeness (QED) is 0.838. The predicted molar refractivity (Wildman–Crippen MR) is 70.8 cm³/mol. The largest absolute Gasteiger partial charge is 0.493 e. The van der Waals surface area contributed by atoms with Crippen LogP contribution in [0.25, 0.3) is 11.4 Å². The average Bonchev–Trinajstić information content (AvgIpc) is 3.16. The molecule has 1 aliphatic heterocycles. The van der Waals surface area contributed by atoms with Crippen molar-refractivity contribution in [3.05, 3.63) is 18.2 Å². The topological polar surface area (TPSA) is 71.3 Å². The first-order valence-corrected chi connectivity index (χ1v) is 6.41. The van der Waals surface area contributed by atoms with Crippen LogP contribution in [0.1, 0.15) is 12.5 Å². The van der Waals surface area contributed by atoms with Crippen molar-refractivity contribution in [2.75, 3.05) is 27.4 Å². The zero-order valence-electron chi connectivity index (χ0n) is 11.4. The summed E-state index contributed by atoms with van der Waals surface area (Å²) in [5.74, 6) is 1.89. The Hall–Kier alpha value is -2.15. The molecule has 1 saturated heterocycles. The van der Waals surface area contributed by atoms with Gasteiger partial charge in [0, 0.05) is 12.2 Å². The van der Waals surface area contributed by atoms with E-state index in [1.807, 2.05) is 18.2 Å². The van der Waals surface area contributed by atoms with E-state index in [4.69, 9.17) is 14.2 Å². The molecule has 1 unspecified atom stereocenters. The molecule has 106 valence electrons. The molecule has 3 rings (SSSR count). The smallest absolute Gasteiger partial charge is 0.205 e. The van der Waals surface area contributed by atoms with E-state index in [-0.39, 0.29) is 6.04 Å².